The van der Waals surface area contributed by atoms with Gasteiger partial charge in [0.05, 0.1) is 13.2 Å². The molecule has 0 fully saturated rings. The van der Waals surface area contributed by atoms with Crippen LogP contribution in [0.15, 0.2) is 24.3 Å². The topological polar surface area (TPSA) is 72.8 Å². The molecule has 0 aromatic heterocycles. The number of hydrogen-bond donors (Lipinski definition) is 1. The van der Waals surface area contributed by atoms with Crippen molar-refractivity contribution in [3.63, 3.8) is 0 Å². The highest BCUT2D eigenvalue weighted by atomic mass is 16.6. The van der Waals surface area contributed by atoms with Crippen molar-refractivity contribution in [3.05, 3.63) is 35.4 Å². The molecular formula is C16H20O5. The zero-order valence-electron chi connectivity index (χ0n) is 12.3. The number of carbonyl (C=O) groups is 2. The molecule has 1 aromatic carbocycles. The molecule has 0 saturated carbocycles. The molecule has 114 valence electrons. The van der Waals surface area contributed by atoms with Crippen molar-refractivity contribution in [2.75, 3.05) is 13.2 Å². The molecule has 0 amide bonds. The van der Waals surface area contributed by atoms with E-state index in [0.29, 0.717) is 18.4 Å². The van der Waals surface area contributed by atoms with Gasteiger partial charge in [-0.25, -0.2) is 0 Å². The molecule has 1 aliphatic carbocycles. The lowest BCUT2D eigenvalue weighted by Crippen LogP contribution is -2.45. The van der Waals surface area contributed by atoms with E-state index in [1.165, 1.54) is 0 Å². The smallest absolute Gasteiger partial charge is 0.323 e. The lowest BCUT2D eigenvalue weighted by atomic mass is 9.82. The molecule has 0 radical (unpaired) electrons. The van der Waals surface area contributed by atoms with Crippen molar-refractivity contribution in [1.29, 1.82) is 0 Å². The zero-order chi connectivity index (χ0) is 15.5. The first kappa shape index (κ1) is 15.5. The van der Waals surface area contributed by atoms with E-state index in [4.69, 9.17) is 9.47 Å². The number of carbonyl (C=O) groups excluding carboxylic acids is 2. The van der Waals surface area contributed by atoms with Crippen LogP contribution in [0.1, 0.15) is 31.4 Å². The van der Waals surface area contributed by atoms with Crippen molar-refractivity contribution in [2.24, 2.45) is 5.92 Å². The zero-order valence-corrected chi connectivity index (χ0v) is 12.3. The van der Waals surface area contributed by atoms with Gasteiger partial charge in [0.25, 0.3) is 0 Å². The third-order valence-corrected chi connectivity index (χ3v) is 3.78. The Kier molecular flexibility index (Phi) is 4.63. The van der Waals surface area contributed by atoms with Gasteiger partial charge in [-0.2, -0.15) is 0 Å². The van der Waals surface area contributed by atoms with Gasteiger partial charge in [-0.05, 0) is 37.8 Å². The molecule has 21 heavy (non-hydrogen) atoms. The Morgan fingerprint density at radius 1 is 1.19 bits per heavy atom. The van der Waals surface area contributed by atoms with Crippen LogP contribution in [0.3, 0.4) is 0 Å². The minimum Gasteiger partial charge on any atom is -0.465 e. The monoisotopic (exact) mass is 292 g/mol. The van der Waals surface area contributed by atoms with E-state index in [0.717, 1.165) is 5.56 Å². The van der Waals surface area contributed by atoms with E-state index in [1.807, 2.05) is 12.1 Å². The summed E-state index contributed by atoms with van der Waals surface area (Å²) in [7, 11) is 0. The van der Waals surface area contributed by atoms with Crippen molar-refractivity contribution >= 4 is 11.9 Å². The molecule has 1 atom stereocenters. The summed E-state index contributed by atoms with van der Waals surface area (Å²) < 4.78 is 9.93. The summed E-state index contributed by atoms with van der Waals surface area (Å²) in [6.45, 7) is 3.61. The number of fused-ring (bicyclic) bond motifs is 1. The number of aliphatic hydroxyl groups is 1. The summed E-state index contributed by atoms with van der Waals surface area (Å²) in [4.78, 5) is 24.4. The van der Waals surface area contributed by atoms with E-state index in [2.05, 4.69) is 0 Å². The number of benzene rings is 1. The Morgan fingerprint density at radius 3 is 2.33 bits per heavy atom. The van der Waals surface area contributed by atoms with Gasteiger partial charge in [0.15, 0.2) is 5.92 Å². The van der Waals surface area contributed by atoms with Crippen molar-refractivity contribution in [3.8, 4) is 0 Å². The van der Waals surface area contributed by atoms with Crippen LogP contribution in [0.25, 0.3) is 0 Å². The van der Waals surface area contributed by atoms with Crippen LogP contribution in [0.4, 0.5) is 0 Å². The largest absolute Gasteiger partial charge is 0.465 e. The van der Waals surface area contributed by atoms with Crippen LogP contribution in [-0.2, 0) is 31.1 Å². The maximum absolute atomic E-state index is 12.2. The second-order valence-electron chi connectivity index (χ2n) is 5.02. The number of rotatable bonds is 5. The maximum atomic E-state index is 12.2. The summed E-state index contributed by atoms with van der Waals surface area (Å²) in [6.07, 6.45) is 0.913. The minimum absolute atomic E-state index is 0.145. The maximum Gasteiger partial charge on any atom is 0.323 e. The molecule has 1 unspecified atom stereocenters. The summed E-state index contributed by atoms with van der Waals surface area (Å²) in [6, 6.07) is 7.28. The third-order valence-electron chi connectivity index (χ3n) is 3.78. The SMILES string of the molecule is CCOC(=O)C(C(=O)OCC)C1(O)CCc2ccccc21. The van der Waals surface area contributed by atoms with E-state index in [9.17, 15) is 14.7 Å². The van der Waals surface area contributed by atoms with Crippen molar-refractivity contribution < 1.29 is 24.2 Å². The Bertz CT molecular complexity index is 521. The van der Waals surface area contributed by atoms with Crippen LogP contribution in [0.2, 0.25) is 0 Å². The van der Waals surface area contributed by atoms with Crippen LogP contribution < -0.4 is 0 Å². The second-order valence-corrected chi connectivity index (χ2v) is 5.02. The van der Waals surface area contributed by atoms with Crippen LogP contribution >= 0.6 is 0 Å². The van der Waals surface area contributed by atoms with Gasteiger partial charge in [-0.1, -0.05) is 24.3 Å². The number of hydrogen-bond acceptors (Lipinski definition) is 5. The van der Waals surface area contributed by atoms with Crippen LogP contribution in [0, 0.1) is 5.92 Å². The molecule has 0 saturated heterocycles. The van der Waals surface area contributed by atoms with Crippen LogP contribution in [0.5, 0.6) is 0 Å². The molecular weight excluding hydrogens is 272 g/mol. The quantitative estimate of drug-likeness (QED) is 0.658. The lowest BCUT2D eigenvalue weighted by Gasteiger charge is -2.30. The Labute approximate surface area is 123 Å². The average molecular weight is 292 g/mol. The van der Waals surface area contributed by atoms with Gasteiger partial charge in [0, 0.05) is 0 Å². The molecule has 0 heterocycles. The average Bonchev–Trinajstić information content (AvgIpc) is 2.78. The molecule has 5 nitrogen and oxygen atoms in total. The summed E-state index contributed by atoms with van der Waals surface area (Å²) in [5.41, 5.74) is -0.00977. The highest BCUT2D eigenvalue weighted by Gasteiger charge is 2.52. The highest BCUT2D eigenvalue weighted by Crippen LogP contribution is 2.43. The lowest BCUT2D eigenvalue weighted by molar-refractivity contribution is -0.175. The fourth-order valence-corrected chi connectivity index (χ4v) is 2.86. The van der Waals surface area contributed by atoms with Gasteiger partial charge in [-0.15, -0.1) is 0 Å². The first-order chi connectivity index (χ1) is 10.0. The predicted molar refractivity (Wildman–Crippen MR) is 75.4 cm³/mol. The van der Waals surface area contributed by atoms with E-state index in [1.54, 1.807) is 26.0 Å². The Hall–Kier alpha value is -1.88. The molecule has 0 spiro atoms. The summed E-state index contributed by atoms with van der Waals surface area (Å²) >= 11 is 0. The molecule has 1 aromatic rings. The van der Waals surface area contributed by atoms with Gasteiger partial charge in [0.2, 0.25) is 0 Å². The fraction of sp³-hybridized carbons (Fsp3) is 0.500. The van der Waals surface area contributed by atoms with Gasteiger partial charge >= 0.3 is 11.9 Å². The molecule has 1 N–H and O–H groups in total. The van der Waals surface area contributed by atoms with E-state index < -0.39 is 23.5 Å². The molecule has 5 heteroatoms. The number of aryl methyl sites for hydroxylation is 1. The Balaban J connectivity index is 2.41. The van der Waals surface area contributed by atoms with Crippen LogP contribution in [-0.4, -0.2) is 30.3 Å². The van der Waals surface area contributed by atoms with E-state index in [-0.39, 0.29) is 13.2 Å². The molecule has 2 rings (SSSR count). The predicted octanol–water partition coefficient (Wildman–Crippen LogP) is 1.56. The second kappa shape index (κ2) is 6.26. The molecule has 0 aliphatic heterocycles. The summed E-state index contributed by atoms with van der Waals surface area (Å²) in [5.74, 6) is -2.83. The normalized spacial score (nSPS) is 20.2. The summed E-state index contributed by atoms with van der Waals surface area (Å²) in [5, 5.41) is 11.0. The number of ether oxygens (including phenoxy) is 2. The minimum atomic E-state index is -1.56. The first-order valence-electron chi connectivity index (χ1n) is 7.18. The van der Waals surface area contributed by atoms with Gasteiger partial charge in [0.1, 0.15) is 5.60 Å². The molecule has 0 bridgehead atoms. The van der Waals surface area contributed by atoms with Gasteiger partial charge in [-0.3, -0.25) is 9.59 Å². The first-order valence-corrected chi connectivity index (χ1v) is 7.18. The highest BCUT2D eigenvalue weighted by molar-refractivity contribution is 5.96. The Morgan fingerprint density at radius 2 is 1.76 bits per heavy atom. The van der Waals surface area contributed by atoms with E-state index >= 15 is 0 Å². The third kappa shape index (κ3) is 2.78. The van der Waals surface area contributed by atoms with Crippen molar-refractivity contribution in [2.45, 2.75) is 32.3 Å². The number of esters is 2. The van der Waals surface area contributed by atoms with Crippen molar-refractivity contribution in [1.82, 2.24) is 0 Å². The van der Waals surface area contributed by atoms with Gasteiger partial charge < -0.3 is 14.6 Å². The fourth-order valence-electron chi connectivity index (χ4n) is 2.86. The molecule has 1 aliphatic rings. The standard InChI is InChI=1S/C16H20O5/c1-3-20-14(17)13(15(18)21-4-2)16(19)10-9-11-7-5-6-8-12(11)16/h5-8,13,19H,3-4,9-10H2,1-2H3.